The van der Waals surface area contributed by atoms with E-state index < -0.39 is 0 Å². The zero-order valence-corrected chi connectivity index (χ0v) is 11.7. The number of carbonyl (C=O) groups is 1. The zero-order valence-electron chi connectivity index (χ0n) is 11.7. The Bertz CT molecular complexity index is 235. The summed E-state index contributed by atoms with van der Waals surface area (Å²) in [7, 11) is 0. The maximum Gasteiger partial charge on any atom is 0.317 e. The molecule has 1 rings (SSSR count). The van der Waals surface area contributed by atoms with Gasteiger partial charge in [0.2, 0.25) is 0 Å². The van der Waals surface area contributed by atoms with E-state index in [1.54, 1.807) is 0 Å². The van der Waals surface area contributed by atoms with Gasteiger partial charge in [0, 0.05) is 38.8 Å². The molecule has 2 amide bonds. The van der Waals surface area contributed by atoms with Gasteiger partial charge in [-0.15, -0.1) is 0 Å². The molecule has 0 spiro atoms. The van der Waals surface area contributed by atoms with Crippen LogP contribution in [-0.2, 0) is 0 Å². The fourth-order valence-corrected chi connectivity index (χ4v) is 2.03. The SMILES string of the molecule is CCC(C)N1CCN(C(=O)NCC(C)C)CC1. The molecule has 1 atom stereocenters. The van der Waals surface area contributed by atoms with Crippen LogP contribution >= 0.6 is 0 Å². The maximum absolute atomic E-state index is 11.8. The van der Waals surface area contributed by atoms with E-state index in [9.17, 15) is 4.79 Å². The molecule has 17 heavy (non-hydrogen) atoms. The van der Waals surface area contributed by atoms with Crippen LogP contribution < -0.4 is 5.32 Å². The van der Waals surface area contributed by atoms with E-state index >= 15 is 0 Å². The summed E-state index contributed by atoms with van der Waals surface area (Å²) in [6.07, 6.45) is 1.18. The quantitative estimate of drug-likeness (QED) is 0.814. The highest BCUT2D eigenvalue weighted by Gasteiger charge is 2.22. The van der Waals surface area contributed by atoms with Crippen LogP contribution in [0.4, 0.5) is 4.79 Å². The summed E-state index contributed by atoms with van der Waals surface area (Å²) in [5, 5.41) is 2.98. The molecule has 0 aliphatic carbocycles. The Morgan fingerprint density at radius 3 is 2.24 bits per heavy atom. The molecule has 0 aromatic heterocycles. The van der Waals surface area contributed by atoms with E-state index in [1.165, 1.54) is 6.42 Å². The average molecular weight is 241 g/mol. The number of hydrogen-bond donors (Lipinski definition) is 1. The average Bonchev–Trinajstić information content (AvgIpc) is 2.35. The van der Waals surface area contributed by atoms with Crippen molar-refractivity contribution in [2.75, 3.05) is 32.7 Å². The molecule has 1 unspecified atom stereocenters. The number of piperazine rings is 1. The van der Waals surface area contributed by atoms with Crippen LogP contribution in [0.2, 0.25) is 0 Å². The first kappa shape index (κ1) is 14.3. The molecular formula is C13H27N3O. The van der Waals surface area contributed by atoms with Crippen molar-refractivity contribution in [2.24, 2.45) is 5.92 Å². The lowest BCUT2D eigenvalue weighted by Gasteiger charge is -2.37. The van der Waals surface area contributed by atoms with Gasteiger partial charge in [-0.2, -0.15) is 0 Å². The summed E-state index contributed by atoms with van der Waals surface area (Å²) in [6, 6.07) is 0.735. The molecule has 0 saturated carbocycles. The Morgan fingerprint density at radius 2 is 1.76 bits per heavy atom. The topological polar surface area (TPSA) is 35.6 Å². The predicted molar refractivity (Wildman–Crippen MR) is 71.1 cm³/mol. The molecule has 0 radical (unpaired) electrons. The first-order valence-electron chi connectivity index (χ1n) is 6.81. The van der Waals surface area contributed by atoms with Crippen molar-refractivity contribution in [1.82, 2.24) is 15.1 Å². The van der Waals surface area contributed by atoms with E-state index in [1.807, 2.05) is 4.90 Å². The molecule has 0 bridgehead atoms. The van der Waals surface area contributed by atoms with Crippen LogP contribution in [-0.4, -0.2) is 54.6 Å². The molecule has 4 nitrogen and oxygen atoms in total. The third kappa shape index (κ3) is 4.54. The van der Waals surface area contributed by atoms with Crippen LogP contribution in [0.1, 0.15) is 34.1 Å². The van der Waals surface area contributed by atoms with E-state index in [0.29, 0.717) is 12.0 Å². The second-order valence-electron chi connectivity index (χ2n) is 5.36. The molecule has 1 aliphatic heterocycles. The Hall–Kier alpha value is -0.770. The van der Waals surface area contributed by atoms with Gasteiger partial charge in [0.1, 0.15) is 0 Å². The number of hydrogen-bond acceptors (Lipinski definition) is 2. The molecule has 1 fully saturated rings. The van der Waals surface area contributed by atoms with Gasteiger partial charge < -0.3 is 10.2 Å². The molecule has 4 heteroatoms. The van der Waals surface area contributed by atoms with Gasteiger partial charge in [-0.25, -0.2) is 4.79 Å². The number of nitrogens with one attached hydrogen (secondary N) is 1. The van der Waals surface area contributed by atoms with E-state index in [4.69, 9.17) is 0 Å². The number of rotatable bonds is 4. The van der Waals surface area contributed by atoms with Crippen LogP contribution in [0.15, 0.2) is 0 Å². The van der Waals surface area contributed by atoms with Gasteiger partial charge in [0.25, 0.3) is 0 Å². The molecule has 100 valence electrons. The number of urea groups is 1. The highest BCUT2D eigenvalue weighted by molar-refractivity contribution is 5.74. The fourth-order valence-electron chi connectivity index (χ4n) is 2.03. The Balaban J connectivity index is 2.28. The van der Waals surface area contributed by atoms with Gasteiger partial charge >= 0.3 is 6.03 Å². The molecule has 1 N–H and O–H groups in total. The lowest BCUT2D eigenvalue weighted by Crippen LogP contribution is -2.53. The largest absolute Gasteiger partial charge is 0.338 e. The summed E-state index contributed by atoms with van der Waals surface area (Å²) in [6.45, 7) is 13.2. The summed E-state index contributed by atoms with van der Waals surface area (Å²) in [5.74, 6) is 0.514. The Morgan fingerprint density at radius 1 is 1.18 bits per heavy atom. The third-order valence-corrected chi connectivity index (χ3v) is 3.48. The van der Waals surface area contributed by atoms with Crippen molar-refractivity contribution < 1.29 is 4.79 Å². The maximum atomic E-state index is 11.8. The van der Waals surface area contributed by atoms with Gasteiger partial charge in [-0.1, -0.05) is 20.8 Å². The number of amides is 2. The van der Waals surface area contributed by atoms with Crippen LogP contribution in [0.5, 0.6) is 0 Å². The summed E-state index contributed by atoms with van der Waals surface area (Å²) in [4.78, 5) is 16.2. The lowest BCUT2D eigenvalue weighted by molar-refractivity contribution is 0.112. The molecule has 0 aromatic carbocycles. The normalized spacial score (nSPS) is 19.5. The number of nitrogens with zero attached hydrogens (tertiary/aromatic N) is 2. The fraction of sp³-hybridized carbons (Fsp3) is 0.923. The lowest BCUT2D eigenvalue weighted by atomic mass is 10.2. The van der Waals surface area contributed by atoms with Crippen molar-refractivity contribution in [3.05, 3.63) is 0 Å². The smallest absolute Gasteiger partial charge is 0.317 e. The van der Waals surface area contributed by atoms with Gasteiger partial charge in [0.15, 0.2) is 0 Å². The van der Waals surface area contributed by atoms with E-state index in [-0.39, 0.29) is 6.03 Å². The highest BCUT2D eigenvalue weighted by Crippen LogP contribution is 2.08. The minimum atomic E-state index is 0.0995. The molecule has 1 aliphatic rings. The molecular weight excluding hydrogens is 214 g/mol. The number of carbonyl (C=O) groups excluding carboxylic acids is 1. The van der Waals surface area contributed by atoms with E-state index in [2.05, 4.69) is 37.9 Å². The van der Waals surface area contributed by atoms with Crippen LogP contribution in [0.25, 0.3) is 0 Å². The summed E-state index contributed by atoms with van der Waals surface area (Å²) >= 11 is 0. The van der Waals surface area contributed by atoms with Crippen molar-refractivity contribution in [3.8, 4) is 0 Å². The van der Waals surface area contributed by atoms with Gasteiger partial charge in [0.05, 0.1) is 0 Å². The van der Waals surface area contributed by atoms with Gasteiger partial charge in [-0.05, 0) is 19.3 Å². The Labute approximate surface area is 105 Å². The van der Waals surface area contributed by atoms with E-state index in [0.717, 1.165) is 32.7 Å². The van der Waals surface area contributed by atoms with Crippen molar-refractivity contribution in [2.45, 2.75) is 40.2 Å². The van der Waals surface area contributed by atoms with Crippen molar-refractivity contribution >= 4 is 6.03 Å². The second-order valence-corrected chi connectivity index (χ2v) is 5.36. The minimum absolute atomic E-state index is 0.0995. The summed E-state index contributed by atoms with van der Waals surface area (Å²) < 4.78 is 0. The highest BCUT2D eigenvalue weighted by atomic mass is 16.2. The predicted octanol–water partition coefficient (Wildman–Crippen LogP) is 1.77. The standard InChI is InChI=1S/C13H27N3O/c1-5-12(4)15-6-8-16(9-7-15)13(17)14-10-11(2)3/h11-12H,5-10H2,1-4H3,(H,14,17). The minimum Gasteiger partial charge on any atom is -0.338 e. The zero-order chi connectivity index (χ0) is 12.8. The van der Waals surface area contributed by atoms with Crippen LogP contribution in [0.3, 0.4) is 0 Å². The third-order valence-electron chi connectivity index (χ3n) is 3.48. The second kappa shape index (κ2) is 6.84. The monoisotopic (exact) mass is 241 g/mol. The van der Waals surface area contributed by atoms with Crippen molar-refractivity contribution in [1.29, 1.82) is 0 Å². The molecule has 0 aromatic rings. The van der Waals surface area contributed by atoms with Gasteiger partial charge in [-0.3, -0.25) is 4.90 Å². The van der Waals surface area contributed by atoms with Crippen molar-refractivity contribution in [3.63, 3.8) is 0 Å². The first-order chi connectivity index (χ1) is 8.04. The van der Waals surface area contributed by atoms with Crippen LogP contribution in [0, 0.1) is 5.92 Å². The Kier molecular flexibility index (Phi) is 5.75. The first-order valence-corrected chi connectivity index (χ1v) is 6.81. The molecule has 1 heterocycles. The molecule has 1 saturated heterocycles. The summed E-state index contributed by atoms with van der Waals surface area (Å²) in [5.41, 5.74) is 0.